The minimum Gasteiger partial charge on any atom is -0.497 e. The number of likely N-dealkylation sites (tertiary alicyclic amines) is 1. The van der Waals surface area contributed by atoms with Crippen molar-refractivity contribution in [1.82, 2.24) is 4.90 Å². The lowest BCUT2D eigenvalue weighted by Gasteiger charge is -2.30. The molecular weight excluding hydrogens is 272 g/mol. The van der Waals surface area contributed by atoms with Crippen LogP contribution in [0.3, 0.4) is 0 Å². The second-order valence-electron chi connectivity index (χ2n) is 5.23. The lowest BCUT2D eigenvalue weighted by atomic mass is 9.99. The highest BCUT2D eigenvalue weighted by molar-refractivity contribution is 5.90. The molecule has 1 aromatic carbocycles. The number of anilines is 1. The van der Waals surface area contributed by atoms with E-state index < -0.39 is 11.9 Å². The zero-order valence-electron chi connectivity index (χ0n) is 12.3. The maximum atomic E-state index is 12.2. The van der Waals surface area contributed by atoms with E-state index in [0.29, 0.717) is 25.1 Å². The second-order valence-corrected chi connectivity index (χ2v) is 5.23. The molecule has 2 amide bonds. The fourth-order valence-corrected chi connectivity index (χ4v) is 2.46. The number of amides is 2. The predicted octanol–water partition coefficient (Wildman–Crippen LogP) is 2.33. The Hall–Kier alpha value is -2.24. The number of hydrogen-bond donors (Lipinski definition) is 2. The topological polar surface area (TPSA) is 78.9 Å². The summed E-state index contributed by atoms with van der Waals surface area (Å²) in [5.74, 6) is -0.580. The average molecular weight is 292 g/mol. The van der Waals surface area contributed by atoms with E-state index in [0.717, 1.165) is 11.3 Å². The van der Waals surface area contributed by atoms with Crippen molar-refractivity contribution in [1.29, 1.82) is 0 Å². The molecule has 1 aromatic rings. The quantitative estimate of drug-likeness (QED) is 0.896. The molecule has 0 bridgehead atoms. The minimum atomic E-state index is -0.840. The molecule has 1 atom stereocenters. The summed E-state index contributed by atoms with van der Waals surface area (Å²) in [7, 11) is 1.59. The lowest BCUT2D eigenvalue weighted by Crippen LogP contribution is -2.44. The maximum Gasteiger partial charge on any atom is 0.321 e. The molecule has 6 nitrogen and oxygen atoms in total. The molecule has 21 heavy (non-hydrogen) atoms. The molecule has 0 spiro atoms. The highest BCUT2D eigenvalue weighted by atomic mass is 16.5. The Morgan fingerprint density at radius 2 is 2.19 bits per heavy atom. The number of aliphatic carboxylic acids is 1. The number of piperidine rings is 1. The molecule has 1 heterocycles. The summed E-state index contributed by atoms with van der Waals surface area (Å²) in [5.41, 5.74) is 1.60. The van der Waals surface area contributed by atoms with Gasteiger partial charge in [-0.15, -0.1) is 0 Å². The van der Waals surface area contributed by atoms with Gasteiger partial charge in [0, 0.05) is 18.8 Å². The van der Waals surface area contributed by atoms with Gasteiger partial charge in [0.2, 0.25) is 0 Å². The number of carboxylic acids is 1. The largest absolute Gasteiger partial charge is 0.497 e. The summed E-state index contributed by atoms with van der Waals surface area (Å²) in [6, 6.07) is 5.14. The van der Waals surface area contributed by atoms with E-state index in [4.69, 9.17) is 9.84 Å². The van der Waals surface area contributed by atoms with Crippen molar-refractivity contribution >= 4 is 17.7 Å². The van der Waals surface area contributed by atoms with Crippen LogP contribution in [0, 0.1) is 12.8 Å². The van der Waals surface area contributed by atoms with Gasteiger partial charge in [-0.05, 0) is 43.5 Å². The van der Waals surface area contributed by atoms with Gasteiger partial charge in [-0.1, -0.05) is 0 Å². The lowest BCUT2D eigenvalue weighted by molar-refractivity contribution is -0.143. The monoisotopic (exact) mass is 292 g/mol. The number of aryl methyl sites for hydroxylation is 1. The zero-order valence-corrected chi connectivity index (χ0v) is 12.3. The number of hydrogen-bond acceptors (Lipinski definition) is 3. The van der Waals surface area contributed by atoms with E-state index in [2.05, 4.69) is 5.32 Å². The van der Waals surface area contributed by atoms with Crippen molar-refractivity contribution in [3.8, 4) is 5.75 Å². The first-order valence-electron chi connectivity index (χ1n) is 6.94. The molecule has 1 aliphatic rings. The van der Waals surface area contributed by atoms with Crippen LogP contribution >= 0.6 is 0 Å². The fourth-order valence-electron chi connectivity index (χ4n) is 2.46. The molecule has 1 saturated heterocycles. The predicted molar refractivity (Wildman–Crippen MR) is 78.7 cm³/mol. The first-order chi connectivity index (χ1) is 10.0. The molecule has 0 aromatic heterocycles. The molecular formula is C15H20N2O4. The van der Waals surface area contributed by atoms with E-state index in [9.17, 15) is 9.59 Å². The number of urea groups is 1. The third-order valence-electron chi connectivity index (χ3n) is 3.73. The van der Waals surface area contributed by atoms with Crippen molar-refractivity contribution in [3.05, 3.63) is 23.8 Å². The van der Waals surface area contributed by atoms with Crippen LogP contribution in [0.2, 0.25) is 0 Å². The van der Waals surface area contributed by atoms with E-state index in [1.165, 1.54) is 0 Å². The van der Waals surface area contributed by atoms with Gasteiger partial charge in [-0.25, -0.2) is 4.79 Å². The number of methoxy groups -OCH3 is 1. The molecule has 1 fully saturated rings. The van der Waals surface area contributed by atoms with Crippen LogP contribution < -0.4 is 10.1 Å². The van der Waals surface area contributed by atoms with E-state index >= 15 is 0 Å². The first-order valence-corrected chi connectivity index (χ1v) is 6.94. The summed E-state index contributed by atoms with van der Waals surface area (Å²) >= 11 is 0. The SMILES string of the molecule is COc1ccc(NC(=O)N2CCCC(C(=O)O)C2)c(C)c1. The van der Waals surface area contributed by atoms with Crippen LogP contribution in [0.25, 0.3) is 0 Å². The van der Waals surface area contributed by atoms with Crippen LogP contribution in [0.1, 0.15) is 18.4 Å². The fraction of sp³-hybridized carbons (Fsp3) is 0.467. The van der Waals surface area contributed by atoms with Crippen LogP contribution in [-0.4, -0.2) is 42.2 Å². The van der Waals surface area contributed by atoms with Crippen molar-refractivity contribution in [2.24, 2.45) is 5.92 Å². The van der Waals surface area contributed by atoms with Gasteiger partial charge in [0.15, 0.2) is 0 Å². The maximum absolute atomic E-state index is 12.2. The average Bonchev–Trinajstić information content (AvgIpc) is 2.49. The summed E-state index contributed by atoms with van der Waals surface area (Å²) in [6.45, 7) is 2.73. The van der Waals surface area contributed by atoms with Crippen molar-refractivity contribution in [3.63, 3.8) is 0 Å². The van der Waals surface area contributed by atoms with Crippen molar-refractivity contribution in [2.75, 3.05) is 25.5 Å². The number of carboxylic acid groups (broad SMARTS) is 1. The number of benzene rings is 1. The molecule has 0 saturated carbocycles. The van der Waals surface area contributed by atoms with Gasteiger partial charge < -0.3 is 20.1 Å². The van der Waals surface area contributed by atoms with Gasteiger partial charge in [-0.2, -0.15) is 0 Å². The summed E-state index contributed by atoms with van der Waals surface area (Å²) in [5, 5.41) is 11.9. The number of carbonyl (C=O) groups excluding carboxylic acids is 1. The van der Waals surface area contributed by atoms with Gasteiger partial charge >= 0.3 is 12.0 Å². The molecule has 2 N–H and O–H groups in total. The molecule has 1 unspecified atom stereocenters. The Kier molecular flexibility index (Phi) is 4.67. The van der Waals surface area contributed by atoms with E-state index in [-0.39, 0.29) is 12.6 Å². The number of carbonyl (C=O) groups is 2. The third kappa shape index (κ3) is 3.65. The molecule has 6 heteroatoms. The Labute approximate surface area is 123 Å². The van der Waals surface area contributed by atoms with Crippen LogP contribution in [-0.2, 0) is 4.79 Å². The first kappa shape index (κ1) is 15.2. The minimum absolute atomic E-state index is 0.255. The summed E-state index contributed by atoms with van der Waals surface area (Å²) in [6.07, 6.45) is 1.34. The Balaban J connectivity index is 2.02. The van der Waals surface area contributed by atoms with E-state index in [1.807, 2.05) is 13.0 Å². The molecule has 0 aliphatic carbocycles. The van der Waals surface area contributed by atoms with E-state index in [1.54, 1.807) is 24.1 Å². The van der Waals surface area contributed by atoms with Crippen molar-refractivity contribution < 1.29 is 19.4 Å². The molecule has 1 aliphatic heterocycles. The number of ether oxygens (including phenoxy) is 1. The summed E-state index contributed by atoms with van der Waals surface area (Å²) in [4.78, 5) is 24.8. The highest BCUT2D eigenvalue weighted by Crippen LogP contribution is 2.22. The van der Waals surface area contributed by atoms with Crippen LogP contribution in [0.15, 0.2) is 18.2 Å². The molecule has 0 radical (unpaired) electrons. The molecule has 2 rings (SSSR count). The number of rotatable bonds is 3. The van der Waals surface area contributed by atoms with Gasteiger partial charge in [-0.3, -0.25) is 4.79 Å². The number of nitrogens with one attached hydrogen (secondary N) is 1. The Bertz CT molecular complexity index is 544. The number of nitrogens with zero attached hydrogens (tertiary/aromatic N) is 1. The zero-order chi connectivity index (χ0) is 15.4. The molecule has 114 valence electrons. The van der Waals surface area contributed by atoms with Crippen molar-refractivity contribution in [2.45, 2.75) is 19.8 Å². The normalized spacial score (nSPS) is 18.2. The standard InChI is InChI=1S/C15H20N2O4/c1-10-8-12(21-2)5-6-13(10)16-15(20)17-7-3-4-11(9-17)14(18)19/h5-6,8,11H,3-4,7,9H2,1-2H3,(H,16,20)(H,18,19). The van der Waals surface area contributed by atoms with Crippen LogP contribution in [0.5, 0.6) is 5.75 Å². The summed E-state index contributed by atoms with van der Waals surface area (Å²) < 4.78 is 5.12. The van der Waals surface area contributed by atoms with Crippen LogP contribution in [0.4, 0.5) is 10.5 Å². The van der Waals surface area contributed by atoms with Gasteiger partial charge in [0.1, 0.15) is 5.75 Å². The second kappa shape index (κ2) is 6.47. The highest BCUT2D eigenvalue weighted by Gasteiger charge is 2.28. The van der Waals surface area contributed by atoms with Gasteiger partial charge in [0.25, 0.3) is 0 Å². The third-order valence-corrected chi connectivity index (χ3v) is 3.73. The smallest absolute Gasteiger partial charge is 0.321 e. The van der Waals surface area contributed by atoms with Gasteiger partial charge in [0.05, 0.1) is 13.0 Å². The Morgan fingerprint density at radius 1 is 1.43 bits per heavy atom. The Morgan fingerprint density at radius 3 is 2.81 bits per heavy atom.